The van der Waals surface area contributed by atoms with E-state index in [1.54, 1.807) is 0 Å². The number of fused-ring (bicyclic) bond motifs is 18. The second kappa shape index (κ2) is 12.7. The van der Waals surface area contributed by atoms with Crippen LogP contribution in [0.1, 0.15) is 41.5 Å². The SMILES string of the molecule is C=C1CC2C(CCc3ccc4c(oc5ccccc54)c3-c3n1c1ccccc1[n+]3-c1ccc3sc4ccccc4c3c1)c1ccccc1-c1cc(C)c([Si](C)(C)C)c[n+]12. The van der Waals surface area contributed by atoms with Gasteiger partial charge in [-0.1, -0.05) is 105 Å². The molecule has 0 radical (unpaired) electrons. The van der Waals surface area contributed by atoms with E-state index in [0.29, 0.717) is 5.92 Å². The third-order valence-corrected chi connectivity index (χ3v) is 16.6. The van der Waals surface area contributed by atoms with Crippen LogP contribution in [0.25, 0.3) is 87.2 Å². The number of pyridine rings is 1. The molecule has 0 N–H and O–H groups in total. The molecule has 12 rings (SSSR count). The summed E-state index contributed by atoms with van der Waals surface area (Å²) in [4.78, 5) is 0. The predicted molar refractivity (Wildman–Crippen MR) is 249 cm³/mol. The Bertz CT molecular complexity index is 3410. The highest BCUT2D eigenvalue weighted by Crippen LogP contribution is 2.48. The maximum absolute atomic E-state index is 7.02. The molecule has 2 aliphatic heterocycles. The normalized spacial score (nSPS) is 16.6. The van der Waals surface area contributed by atoms with Gasteiger partial charge in [0.25, 0.3) is 0 Å². The van der Waals surface area contributed by atoms with Crippen LogP contribution in [0.2, 0.25) is 19.6 Å². The van der Waals surface area contributed by atoms with E-state index in [-0.39, 0.29) is 6.04 Å². The number of furan rings is 1. The largest absolute Gasteiger partial charge is 0.455 e. The smallest absolute Gasteiger partial charge is 0.304 e. The summed E-state index contributed by atoms with van der Waals surface area (Å²) in [6, 6.07) is 49.8. The average molecular weight is 800 g/mol. The van der Waals surface area contributed by atoms with Gasteiger partial charge < -0.3 is 4.42 Å². The summed E-state index contributed by atoms with van der Waals surface area (Å²) in [6.45, 7) is 14.8. The first kappa shape index (κ1) is 34.9. The summed E-state index contributed by atoms with van der Waals surface area (Å²) in [7, 11) is -1.65. The van der Waals surface area contributed by atoms with Crippen LogP contribution in [-0.4, -0.2) is 12.6 Å². The summed E-state index contributed by atoms with van der Waals surface area (Å²) in [6.07, 6.45) is 5.26. The fourth-order valence-corrected chi connectivity index (χ4v) is 13.6. The molecular formula is C53H45N3OSSi+2. The van der Waals surface area contributed by atoms with Crippen molar-refractivity contribution in [2.24, 2.45) is 0 Å². The van der Waals surface area contributed by atoms with Gasteiger partial charge in [-0.15, -0.1) is 11.3 Å². The standard InChI is InChI=1S/C53H45N3OSSi/c1-32-28-45-37-15-7-6-14-36(37)38-25-22-34-23-26-41-39-16-8-12-20-47(39)57-52(41)51(34)53-55(33(2)29-46(38)54(45)31-50(32)59(3,4)5)43-18-10-11-19-44(43)56(53)35-24-27-49-42(30-35)40-17-9-13-21-48(40)58-49/h6-21,23-24,26-28,30-31,38,46H,2,22,25,29H2,1,3-5H3/q+2. The van der Waals surface area contributed by atoms with Crippen molar-refractivity contribution in [3.8, 4) is 28.3 Å². The van der Waals surface area contributed by atoms with Gasteiger partial charge in [-0.25, -0.2) is 0 Å². The number of hydrogen-bond acceptors (Lipinski definition) is 2. The molecule has 0 saturated carbocycles. The minimum Gasteiger partial charge on any atom is -0.455 e. The number of allylic oxidation sites excluding steroid dienone is 1. The highest BCUT2D eigenvalue weighted by molar-refractivity contribution is 7.25. The summed E-state index contributed by atoms with van der Waals surface area (Å²) in [5.41, 5.74) is 14.3. The molecule has 4 aromatic heterocycles. The van der Waals surface area contributed by atoms with Crippen LogP contribution >= 0.6 is 11.3 Å². The molecule has 4 nitrogen and oxygen atoms in total. The fourth-order valence-electron chi connectivity index (χ4n) is 10.7. The van der Waals surface area contributed by atoms with Crippen molar-refractivity contribution in [3.05, 3.63) is 163 Å². The van der Waals surface area contributed by atoms with Crippen LogP contribution in [0.3, 0.4) is 0 Å². The summed E-state index contributed by atoms with van der Waals surface area (Å²) in [5.74, 6) is 1.39. The molecule has 6 heteroatoms. The second-order valence-electron chi connectivity index (χ2n) is 17.8. The zero-order chi connectivity index (χ0) is 39.7. The van der Waals surface area contributed by atoms with Crippen molar-refractivity contribution in [3.63, 3.8) is 0 Å². The van der Waals surface area contributed by atoms with Crippen molar-refractivity contribution in [2.45, 2.75) is 57.8 Å². The fraction of sp³-hybridized carbons (Fsp3) is 0.170. The molecule has 2 aliphatic rings. The minimum absolute atomic E-state index is 0.190. The van der Waals surface area contributed by atoms with Crippen molar-refractivity contribution in [1.29, 1.82) is 0 Å². The molecule has 0 fully saturated rings. The molecule has 0 bridgehead atoms. The lowest BCUT2D eigenvalue weighted by atomic mass is 9.77. The Morgan fingerprint density at radius 3 is 2.41 bits per heavy atom. The summed E-state index contributed by atoms with van der Waals surface area (Å²) >= 11 is 1.86. The highest BCUT2D eigenvalue weighted by Gasteiger charge is 2.45. The van der Waals surface area contributed by atoms with E-state index in [2.05, 4.69) is 180 Å². The molecule has 6 heterocycles. The monoisotopic (exact) mass is 799 g/mol. The van der Waals surface area contributed by atoms with E-state index in [0.717, 1.165) is 75.0 Å². The number of nitrogens with zero attached hydrogens (tertiary/aromatic N) is 3. The van der Waals surface area contributed by atoms with Gasteiger partial charge in [0.1, 0.15) is 22.5 Å². The Balaban J connectivity index is 1.18. The quantitative estimate of drug-likeness (QED) is 0.126. The van der Waals surface area contributed by atoms with Crippen molar-refractivity contribution < 1.29 is 13.6 Å². The molecule has 2 unspecified atom stereocenters. The third kappa shape index (κ3) is 5.12. The van der Waals surface area contributed by atoms with E-state index < -0.39 is 8.07 Å². The predicted octanol–water partition coefficient (Wildman–Crippen LogP) is 12.8. The molecule has 0 amide bonds. The van der Waals surface area contributed by atoms with Crippen LogP contribution < -0.4 is 14.3 Å². The molecule has 6 aromatic carbocycles. The van der Waals surface area contributed by atoms with E-state index in [4.69, 9.17) is 11.0 Å². The molecular weight excluding hydrogens is 755 g/mol. The first-order valence-electron chi connectivity index (χ1n) is 21.0. The number of imidazole rings is 1. The lowest BCUT2D eigenvalue weighted by Crippen LogP contribution is -2.53. The lowest BCUT2D eigenvalue weighted by Gasteiger charge is -2.33. The molecule has 0 aliphatic carbocycles. The van der Waals surface area contributed by atoms with Gasteiger partial charge in [-0.2, -0.15) is 13.7 Å². The number of hydrogen-bond donors (Lipinski definition) is 0. The second-order valence-corrected chi connectivity index (χ2v) is 23.9. The average Bonchev–Trinajstić information content (AvgIpc) is 3.92. The Kier molecular flexibility index (Phi) is 7.52. The Morgan fingerprint density at radius 2 is 1.53 bits per heavy atom. The number of aryl methyl sites for hydroxylation is 2. The first-order chi connectivity index (χ1) is 28.7. The van der Waals surface area contributed by atoms with E-state index in [1.807, 2.05) is 11.3 Å². The zero-order valence-corrected chi connectivity index (χ0v) is 35.7. The van der Waals surface area contributed by atoms with Gasteiger partial charge in [0.2, 0.25) is 5.69 Å². The van der Waals surface area contributed by atoms with Crippen LogP contribution in [0.15, 0.2) is 151 Å². The van der Waals surface area contributed by atoms with Gasteiger partial charge in [-0.05, 0) is 85.0 Å². The maximum Gasteiger partial charge on any atom is 0.304 e. The molecule has 59 heavy (non-hydrogen) atoms. The first-order valence-corrected chi connectivity index (χ1v) is 25.3. The number of para-hydroxylation sites is 3. The number of aromatic nitrogens is 3. The third-order valence-electron chi connectivity index (χ3n) is 13.3. The van der Waals surface area contributed by atoms with Gasteiger partial charge in [0.15, 0.2) is 28.9 Å². The molecule has 286 valence electrons. The Labute approximate surface area is 348 Å². The molecule has 0 spiro atoms. The highest BCUT2D eigenvalue weighted by atomic mass is 32.1. The molecule has 2 atom stereocenters. The number of benzene rings is 6. The van der Waals surface area contributed by atoms with Crippen LogP contribution in [0, 0.1) is 6.92 Å². The maximum atomic E-state index is 7.02. The molecule has 0 saturated heterocycles. The topological polar surface area (TPSA) is 25.8 Å². The van der Waals surface area contributed by atoms with Crippen LogP contribution in [0.4, 0.5) is 0 Å². The van der Waals surface area contributed by atoms with Gasteiger partial charge >= 0.3 is 5.82 Å². The van der Waals surface area contributed by atoms with Gasteiger partial charge in [0.05, 0.1) is 14.5 Å². The van der Waals surface area contributed by atoms with Crippen LogP contribution in [-0.2, 0) is 6.42 Å². The number of rotatable bonds is 2. The summed E-state index contributed by atoms with van der Waals surface area (Å²) in [5, 5.41) is 6.40. The van der Waals surface area contributed by atoms with Crippen molar-refractivity contribution in [2.75, 3.05) is 0 Å². The Hall–Kier alpha value is -6.08. The zero-order valence-electron chi connectivity index (χ0n) is 33.9. The number of thiophene rings is 1. The minimum atomic E-state index is -1.65. The van der Waals surface area contributed by atoms with Crippen molar-refractivity contribution in [1.82, 2.24) is 4.57 Å². The van der Waals surface area contributed by atoms with E-state index >= 15 is 0 Å². The molecule has 10 aromatic rings. The van der Waals surface area contributed by atoms with Gasteiger partial charge in [-0.3, -0.25) is 0 Å². The van der Waals surface area contributed by atoms with Gasteiger partial charge in [0, 0.05) is 53.7 Å². The Morgan fingerprint density at radius 1 is 0.763 bits per heavy atom. The van der Waals surface area contributed by atoms with E-state index in [9.17, 15) is 0 Å². The lowest BCUT2D eigenvalue weighted by molar-refractivity contribution is -0.716. The van der Waals surface area contributed by atoms with E-state index in [1.165, 1.54) is 53.3 Å². The summed E-state index contributed by atoms with van der Waals surface area (Å²) < 4.78 is 17.3. The van der Waals surface area contributed by atoms with Crippen LogP contribution in [0.5, 0.6) is 0 Å². The van der Waals surface area contributed by atoms with Crippen molar-refractivity contribution >= 4 is 83.4 Å².